The molecule has 3 unspecified atom stereocenters. The van der Waals surface area contributed by atoms with E-state index >= 15 is 0 Å². The van der Waals surface area contributed by atoms with E-state index in [1.54, 1.807) is 0 Å². The Morgan fingerprint density at radius 3 is 2.56 bits per heavy atom. The van der Waals surface area contributed by atoms with Crippen LogP contribution in [0.1, 0.15) is 53.4 Å². The summed E-state index contributed by atoms with van der Waals surface area (Å²) in [7, 11) is 0. The molecule has 0 aromatic heterocycles. The van der Waals surface area contributed by atoms with E-state index in [1.165, 1.54) is 18.4 Å². The maximum Gasteiger partial charge on any atom is 0.139 e. The minimum absolute atomic E-state index is 0.292. The minimum Gasteiger partial charge on any atom is -0.299 e. The monoisotopic (exact) mass is 220 g/mol. The Kier molecular flexibility index (Phi) is 2.98. The third kappa shape index (κ3) is 2.23. The van der Waals surface area contributed by atoms with E-state index in [0.717, 1.165) is 18.8 Å². The predicted octanol–water partition coefficient (Wildman–Crippen LogP) is 3.98. The fourth-order valence-corrected chi connectivity index (χ4v) is 3.16. The standard InChI is InChI=1S/C15H24O/c1-10-7-12-8-13(15(2,3)4)6-5-11(12)9-14(10)16/h5,10,12-13H,6-9H2,1-4H3. The summed E-state index contributed by atoms with van der Waals surface area (Å²) in [6.07, 6.45) is 6.68. The van der Waals surface area contributed by atoms with Crippen molar-refractivity contribution in [2.45, 2.75) is 53.4 Å². The molecule has 0 N–H and O–H groups in total. The molecule has 16 heavy (non-hydrogen) atoms. The van der Waals surface area contributed by atoms with Gasteiger partial charge in [0.05, 0.1) is 0 Å². The van der Waals surface area contributed by atoms with Gasteiger partial charge in [-0.3, -0.25) is 4.79 Å². The molecule has 0 heterocycles. The van der Waals surface area contributed by atoms with Crippen LogP contribution in [0.3, 0.4) is 0 Å². The van der Waals surface area contributed by atoms with E-state index < -0.39 is 0 Å². The van der Waals surface area contributed by atoms with E-state index in [9.17, 15) is 4.79 Å². The molecule has 2 aliphatic rings. The molecule has 0 aromatic rings. The van der Waals surface area contributed by atoms with Gasteiger partial charge in [0, 0.05) is 12.3 Å². The molecule has 1 nitrogen and oxygen atoms in total. The van der Waals surface area contributed by atoms with Gasteiger partial charge in [0.25, 0.3) is 0 Å². The van der Waals surface area contributed by atoms with Gasteiger partial charge in [-0.1, -0.05) is 39.3 Å². The fraction of sp³-hybridized carbons (Fsp3) is 0.800. The molecular formula is C15H24O. The minimum atomic E-state index is 0.292. The van der Waals surface area contributed by atoms with E-state index in [4.69, 9.17) is 0 Å². The quantitative estimate of drug-likeness (QED) is 0.564. The lowest BCUT2D eigenvalue weighted by atomic mass is 9.65. The molecule has 0 aromatic carbocycles. The van der Waals surface area contributed by atoms with Gasteiger partial charge in [0.15, 0.2) is 0 Å². The molecule has 0 aliphatic heterocycles. The van der Waals surface area contributed by atoms with Crippen LogP contribution in [0.25, 0.3) is 0 Å². The van der Waals surface area contributed by atoms with Crippen LogP contribution in [-0.4, -0.2) is 5.78 Å². The molecule has 0 spiro atoms. The van der Waals surface area contributed by atoms with Crippen molar-refractivity contribution < 1.29 is 4.79 Å². The van der Waals surface area contributed by atoms with Crippen molar-refractivity contribution in [2.24, 2.45) is 23.2 Å². The first kappa shape index (κ1) is 11.9. The number of rotatable bonds is 0. The number of hydrogen-bond acceptors (Lipinski definition) is 1. The lowest BCUT2D eigenvalue weighted by Crippen LogP contribution is -2.32. The molecule has 1 fully saturated rings. The maximum absolute atomic E-state index is 11.7. The number of carbonyl (C=O) groups excluding carboxylic acids is 1. The lowest BCUT2D eigenvalue weighted by Gasteiger charge is -2.40. The number of carbonyl (C=O) groups is 1. The van der Waals surface area contributed by atoms with Crippen LogP contribution < -0.4 is 0 Å². The molecule has 0 radical (unpaired) electrons. The van der Waals surface area contributed by atoms with Gasteiger partial charge in [-0.15, -0.1) is 0 Å². The second kappa shape index (κ2) is 4.01. The molecule has 1 saturated carbocycles. The zero-order valence-corrected chi connectivity index (χ0v) is 11.0. The molecule has 3 atom stereocenters. The Morgan fingerprint density at radius 1 is 1.25 bits per heavy atom. The Bertz CT molecular complexity index is 319. The Hall–Kier alpha value is -0.590. The van der Waals surface area contributed by atoms with E-state index in [2.05, 4.69) is 33.8 Å². The Labute approximate surface area is 99.3 Å². The first-order valence-electron chi connectivity index (χ1n) is 6.59. The van der Waals surface area contributed by atoms with Crippen LogP contribution in [0.4, 0.5) is 0 Å². The zero-order valence-electron chi connectivity index (χ0n) is 11.0. The van der Waals surface area contributed by atoms with Crippen LogP contribution in [0.5, 0.6) is 0 Å². The molecular weight excluding hydrogens is 196 g/mol. The first-order valence-corrected chi connectivity index (χ1v) is 6.59. The molecule has 0 amide bonds. The van der Waals surface area contributed by atoms with E-state index in [1.807, 2.05) is 0 Å². The fourth-order valence-electron chi connectivity index (χ4n) is 3.16. The number of allylic oxidation sites excluding steroid dienone is 2. The SMILES string of the molecule is CC1CC2CC(C(C)(C)C)CC=C2CC1=O. The van der Waals surface area contributed by atoms with Crippen LogP contribution in [-0.2, 0) is 4.79 Å². The van der Waals surface area contributed by atoms with Crippen molar-refractivity contribution in [3.8, 4) is 0 Å². The third-order valence-electron chi connectivity index (χ3n) is 4.55. The lowest BCUT2D eigenvalue weighted by molar-refractivity contribution is -0.123. The summed E-state index contributed by atoms with van der Waals surface area (Å²) in [6.45, 7) is 9.12. The second-order valence-corrected chi connectivity index (χ2v) is 6.79. The number of hydrogen-bond donors (Lipinski definition) is 0. The first-order chi connectivity index (χ1) is 7.38. The van der Waals surface area contributed by atoms with E-state index in [0.29, 0.717) is 23.0 Å². The summed E-state index contributed by atoms with van der Waals surface area (Å²) in [4.78, 5) is 11.7. The van der Waals surface area contributed by atoms with Crippen molar-refractivity contribution in [3.63, 3.8) is 0 Å². The van der Waals surface area contributed by atoms with Crippen LogP contribution in [0.15, 0.2) is 11.6 Å². The molecule has 90 valence electrons. The average Bonchev–Trinajstić information content (AvgIpc) is 2.17. The van der Waals surface area contributed by atoms with Gasteiger partial charge >= 0.3 is 0 Å². The summed E-state index contributed by atoms with van der Waals surface area (Å²) in [6, 6.07) is 0. The largest absolute Gasteiger partial charge is 0.299 e. The molecule has 1 heteroatoms. The number of ketones is 1. The molecule has 0 saturated heterocycles. The summed E-state index contributed by atoms with van der Waals surface area (Å²) in [5, 5.41) is 0. The van der Waals surface area contributed by atoms with Crippen molar-refractivity contribution in [1.29, 1.82) is 0 Å². The highest BCUT2D eigenvalue weighted by atomic mass is 16.1. The Balaban J connectivity index is 2.12. The van der Waals surface area contributed by atoms with Gasteiger partial charge in [-0.25, -0.2) is 0 Å². The van der Waals surface area contributed by atoms with Gasteiger partial charge in [-0.2, -0.15) is 0 Å². The summed E-state index contributed by atoms with van der Waals surface area (Å²) >= 11 is 0. The molecule has 0 bridgehead atoms. The Morgan fingerprint density at radius 2 is 1.94 bits per heavy atom. The topological polar surface area (TPSA) is 17.1 Å². The van der Waals surface area contributed by atoms with Crippen LogP contribution in [0.2, 0.25) is 0 Å². The van der Waals surface area contributed by atoms with Crippen molar-refractivity contribution >= 4 is 5.78 Å². The highest BCUT2D eigenvalue weighted by Crippen LogP contribution is 2.45. The summed E-state index contributed by atoms with van der Waals surface area (Å²) in [5.74, 6) is 2.24. The molecule has 2 aliphatic carbocycles. The zero-order chi connectivity index (χ0) is 11.9. The predicted molar refractivity (Wildman–Crippen MR) is 67.2 cm³/mol. The van der Waals surface area contributed by atoms with Crippen LogP contribution >= 0.6 is 0 Å². The molecule has 2 rings (SSSR count). The second-order valence-electron chi connectivity index (χ2n) is 6.79. The smallest absolute Gasteiger partial charge is 0.139 e. The highest BCUT2D eigenvalue weighted by molar-refractivity contribution is 5.84. The highest BCUT2D eigenvalue weighted by Gasteiger charge is 2.36. The third-order valence-corrected chi connectivity index (χ3v) is 4.55. The number of fused-ring (bicyclic) bond motifs is 1. The van der Waals surface area contributed by atoms with Crippen molar-refractivity contribution in [3.05, 3.63) is 11.6 Å². The van der Waals surface area contributed by atoms with E-state index in [-0.39, 0.29) is 0 Å². The maximum atomic E-state index is 11.7. The summed E-state index contributed by atoms with van der Waals surface area (Å²) in [5.41, 5.74) is 1.86. The average molecular weight is 220 g/mol. The van der Waals surface area contributed by atoms with Crippen molar-refractivity contribution in [2.75, 3.05) is 0 Å². The summed E-state index contributed by atoms with van der Waals surface area (Å²) < 4.78 is 0. The normalized spacial score (nSPS) is 35.6. The van der Waals surface area contributed by atoms with Crippen molar-refractivity contribution in [1.82, 2.24) is 0 Å². The van der Waals surface area contributed by atoms with Gasteiger partial charge < -0.3 is 0 Å². The number of Topliss-reactive ketones (excluding diaryl/α,β-unsaturated/α-hetero) is 1. The van der Waals surface area contributed by atoms with Crippen LogP contribution in [0, 0.1) is 23.2 Å². The van der Waals surface area contributed by atoms with Gasteiger partial charge in [0.2, 0.25) is 0 Å². The van der Waals surface area contributed by atoms with Gasteiger partial charge in [0.1, 0.15) is 5.78 Å². The van der Waals surface area contributed by atoms with Gasteiger partial charge in [-0.05, 0) is 36.5 Å².